The van der Waals surface area contributed by atoms with Crippen LogP contribution in [0.3, 0.4) is 0 Å². The Balaban J connectivity index is 1.74. The van der Waals surface area contributed by atoms with E-state index in [4.69, 9.17) is 5.41 Å². The average molecular weight is 462 g/mol. The van der Waals surface area contributed by atoms with Crippen LogP contribution in [0.2, 0.25) is 0 Å². The highest BCUT2D eigenvalue weighted by atomic mass is 32.1. The van der Waals surface area contributed by atoms with E-state index in [0.29, 0.717) is 5.69 Å². The average Bonchev–Trinajstić information content (AvgIpc) is 3.22. The Labute approximate surface area is 184 Å². The number of aromatic nitrogens is 3. The van der Waals surface area contributed by atoms with Gasteiger partial charge in [-0.05, 0) is 18.6 Å². The third kappa shape index (κ3) is 4.35. The maximum atomic E-state index is 14.0. The SMILES string of the molecule is CCc1c(F)cc(-c2csc(NC(=O)CNc3c(C=N)n(C)c(=O)n(C)c3=O)n2)cc1F. The zero-order chi connectivity index (χ0) is 23.6. The topological polar surface area (TPSA) is 122 Å². The van der Waals surface area contributed by atoms with Gasteiger partial charge in [-0.25, -0.2) is 18.6 Å². The zero-order valence-electron chi connectivity index (χ0n) is 17.5. The maximum absolute atomic E-state index is 14.0. The van der Waals surface area contributed by atoms with Crippen LogP contribution in [0.1, 0.15) is 18.2 Å². The number of carbonyl (C=O) groups excluding carboxylic acids is 1. The summed E-state index contributed by atoms with van der Waals surface area (Å²) in [5.41, 5.74) is -0.761. The molecule has 1 aromatic carbocycles. The highest BCUT2D eigenvalue weighted by molar-refractivity contribution is 7.14. The predicted octanol–water partition coefficient (Wildman–Crippen LogP) is 2.10. The Kier molecular flexibility index (Phi) is 6.63. The fraction of sp³-hybridized carbons (Fsp3) is 0.250. The van der Waals surface area contributed by atoms with Gasteiger partial charge in [0.05, 0.1) is 17.9 Å². The second-order valence-corrected chi connectivity index (χ2v) is 7.68. The van der Waals surface area contributed by atoms with Crippen molar-refractivity contribution in [3.8, 4) is 11.3 Å². The first kappa shape index (κ1) is 23.0. The zero-order valence-corrected chi connectivity index (χ0v) is 18.3. The second kappa shape index (κ2) is 9.22. The number of nitrogens with zero attached hydrogens (tertiary/aromatic N) is 3. The number of hydrogen-bond acceptors (Lipinski definition) is 7. The van der Waals surface area contributed by atoms with Gasteiger partial charge in [-0.15, -0.1) is 11.3 Å². The molecule has 0 atom stereocenters. The van der Waals surface area contributed by atoms with E-state index in [9.17, 15) is 23.2 Å². The monoisotopic (exact) mass is 462 g/mol. The molecule has 3 N–H and O–H groups in total. The molecule has 32 heavy (non-hydrogen) atoms. The first-order valence-corrected chi connectivity index (χ1v) is 10.3. The Hall–Kier alpha value is -3.67. The number of anilines is 2. The largest absolute Gasteiger partial charge is 0.370 e. The lowest BCUT2D eigenvalue weighted by Crippen LogP contribution is -2.41. The van der Waals surface area contributed by atoms with Gasteiger partial charge >= 0.3 is 5.69 Å². The first-order valence-electron chi connectivity index (χ1n) is 9.45. The van der Waals surface area contributed by atoms with Gasteiger partial charge in [0, 0.05) is 36.8 Å². The van der Waals surface area contributed by atoms with Crippen LogP contribution in [0, 0.1) is 17.0 Å². The van der Waals surface area contributed by atoms with Crippen molar-refractivity contribution in [1.82, 2.24) is 14.1 Å². The van der Waals surface area contributed by atoms with Gasteiger partial charge in [-0.2, -0.15) is 0 Å². The molecule has 168 valence electrons. The highest BCUT2D eigenvalue weighted by Crippen LogP contribution is 2.28. The molecular formula is C20H20F2N6O3S. The molecule has 3 rings (SSSR count). The molecular weight excluding hydrogens is 442 g/mol. The molecule has 0 saturated carbocycles. The minimum Gasteiger partial charge on any atom is -0.370 e. The molecule has 12 heteroatoms. The lowest BCUT2D eigenvalue weighted by molar-refractivity contribution is -0.114. The Bertz CT molecular complexity index is 1300. The molecule has 0 aliphatic rings. The van der Waals surface area contributed by atoms with Crippen LogP contribution in [-0.2, 0) is 25.3 Å². The maximum Gasteiger partial charge on any atom is 0.331 e. The van der Waals surface area contributed by atoms with Crippen molar-refractivity contribution in [1.29, 1.82) is 5.41 Å². The van der Waals surface area contributed by atoms with E-state index >= 15 is 0 Å². The number of carbonyl (C=O) groups is 1. The normalized spacial score (nSPS) is 10.8. The van der Waals surface area contributed by atoms with E-state index in [0.717, 1.165) is 26.7 Å². The minimum absolute atomic E-state index is 0.00238. The summed E-state index contributed by atoms with van der Waals surface area (Å²) < 4.78 is 30.1. The van der Waals surface area contributed by atoms with Crippen LogP contribution >= 0.6 is 11.3 Å². The molecule has 0 spiro atoms. The fourth-order valence-corrected chi connectivity index (χ4v) is 3.82. The van der Waals surface area contributed by atoms with Crippen LogP contribution < -0.4 is 21.9 Å². The van der Waals surface area contributed by atoms with Crippen LogP contribution in [0.4, 0.5) is 19.6 Å². The van der Waals surface area contributed by atoms with Crippen LogP contribution in [0.15, 0.2) is 27.1 Å². The lowest BCUT2D eigenvalue weighted by Gasteiger charge is -2.13. The summed E-state index contributed by atoms with van der Waals surface area (Å²) in [7, 11) is 2.70. The van der Waals surface area contributed by atoms with E-state index in [1.54, 1.807) is 12.3 Å². The summed E-state index contributed by atoms with van der Waals surface area (Å²) in [6.45, 7) is 1.32. The molecule has 9 nitrogen and oxygen atoms in total. The highest BCUT2D eigenvalue weighted by Gasteiger charge is 2.16. The van der Waals surface area contributed by atoms with Crippen molar-refractivity contribution in [2.24, 2.45) is 14.1 Å². The molecule has 0 radical (unpaired) electrons. The van der Waals surface area contributed by atoms with Gasteiger partial charge in [0.1, 0.15) is 17.3 Å². The Morgan fingerprint density at radius 1 is 1.22 bits per heavy atom. The molecule has 0 unspecified atom stereocenters. The smallest absolute Gasteiger partial charge is 0.331 e. The summed E-state index contributed by atoms with van der Waals surface area (Å²) in [4.78, 5) is 40.8. The molecule has 0 aliphatic heterocycles. The van der Waals surface area contributed by atoms with Gasteiger partial charge in [0.2, 0.25) is 5.91 Å². The molecule has 0 bridgehead atoms. The molecule has 1 amide bonds. The molecule has 2 aromatic heterocycles. The molecule has 3 aromatic rings. The van der Waals surface area contributed by atoms with Crippen LogP contribution in [-0.4, -0.2) is 32.8 Å². The van der Waals surface area contributed by atoms with Crippen molar-refractivity contribution >= 4 is 34.3 Å². The number of benzene rings is 1. The second-order valence-electron chi connectivity index (χ2n) is 6.82. The van der Waals surface area contributed by atoms with Crippen LogP contribution in [0.25, 0.3) is 11.3 Å². The van der Waals surface area contributed by atoms with Gasteiger partial charge in [-0.1, -0.05) is 6.92 Å². The van der Waals surface area contributed by atoms with Crippen molar-refractivity contribution in [3.05, 3.63) is 61.2 Å². The number of thiazole rings is 1. The summed E-state index contributed by atoms with van der Waals surface area (Å²) in [6.07, 6.45) is 1.07. The third-order valence-corrected chi connectivity index (χ3v) is 5.57. The number of hydrogen-bond donors (Lipinski definition) is 3. The summed E-state index contributed by atoms with van der Waals surface area (Å²) in [5, 5.41) is 14.4. The van der Waals surface area contributed by atoms with E-state index in [-0.39, 0.29) is 40.6 Å². The van der Waals surface area contributed by atoms with E-state index in [1.165, 1.54) is 26.2 Å². The number of halogens is 2. The van der Waals surface area contributed by atoms with Gasteiger partial charge in [-0.3, -0.25) is 18.7 Å². The molecule has 0 fully saturated rings. The molecule has 0 saturated heterocycles. The molecule has 2 heterocycles. The van der Waals surface area contributed by atoms with Crippen LogP contribution in [0.5, 0.6) is 0 Å². The van der Waals surface area contributed by atoms with Gasteiger partial charge < -0.3 is 16.0 Å². The minimum atomic E-state index is -0.671. The van der Waals surface area contributed by atoms with Crippen molar-refractivity contribution < 1.29 is 13.6 Å². The lowest BCUT2D eigenvalue weighted by atomic mass is 10.1. The van der Waals surface area contributed by atoms with Crippen molar-refractivity contribution in [2.45, 2.75) is 13.3 Å². The first-order chi connectivity index (χ1) is 15.2. The number of nitrogens with one attached hydrogen (secondary N) is 3. The van der Waals surface area contributed by atoms with Gasteiger partial charge in [0.15, 0.2) is 5.13 Å². The van der Waals surface area contributed by atoms with Crippen molar-refractivity contribution in [2.75, 3.05) is 17.2 Å². The predicted molar refractivity (Wildman–Crippen MR) is 119 cm³/mol. The third-order valence-electron chi connectivity index (χ3n) is 4.81. The number of rotatable bonds is 7. The van der Waals surface area contributed by atoms with E-state index in [1.807, 2.05) is 0 Å². The van der Waals surface area contributed by atoms with Crippen molar-refractivity contribution in [3.63, 3.8) is 0 Å². The fourth-order valence-electron chi connectivity index (χ4n) is 3.08. The van der Waals surface area contributed by atoms with E-state index < -0.39 is 28.8 Å². The van der Waals surface area contributed by atoms with Gasteiger partial charge in [0.25, 0.3) is 5.56 Å². The quantitative estimate of drug-likeness (QED) is 0.464. The Morgan fingerprint density at radius 2 is 1.88 bits per heavy atom. The Morgan fingerprint density at radius 3 is 2.47 bits per heavy atom. The summed E-state index contributed by atoms with van der Waals surface area (Å²) >= 11 is 1.07. The molecule has 0 aliphatic carbocycles. The number of amides is 1. The summed E-state index contributed by atoms with van der Waals surface area (Å²) in [6, 6.07) is 2.39. The van der Waals surface area contributed by atoms with E-state index in [2.05, 4.69) is 15.6 Å². The standard InChI is InChI=1S/C20H20F2N6O3S/c1-4-11-12(21)5-10(6-13(11)22)14-9-32-19(25-14)26-16(29)8-24-17-15(7-23)27(2)20(31)28(3)18(17)30/h5-7,9,23-24H,4,8H2,1-3H3,(H,25,26,29). The summed E-state index contributed by atoms with van der Waals surface area (Å²) in [5.74, 6) is -1.87.